The van der Waals surface area contributed by atoms with E-state index in [1.807, 2.05) is 30.3 Å². The predicted molar refractivity (Wildman–Crippen MR) is 83.8 cm³/mol. The highest BCUT2D eigenvalue weighted by molar-refractivity contribution is 6.06. The number of nitrogens with zero attached hydrogens (tertiary/aromatic N) is 2. The molecule has 0 saturated carbocycles. The molecular weight excluding hydrogens is 294 g/mol. The van der Waals surface area contributed by atoms with Crippen LogP contribution in [0.3, 0.4) is 0 Å². The number of benzene rings is 1. The van der Waals surface area contributed by atoms with E-state index in [1.165, 1.54) is 0 Å². The summed E-state index contributed by atoms with van der Waals surface area (Å²) in [5.41, 5.74) is -0.615. The first kappa shape index (κ1) is 15.0. The van der Waals surface area contributed by atoms with E-state index < -0.39 is 11.6 Å². The fourth-order valence-electron chi connectivity index (χ4n) is 2.50. The molecule has 1 N–H and O–H groups in total. The molecule has 2 heterocycles. The molecule has 2 aromatic rings. The number of ether oxygens (including phenoxy) is 1. The molecular formula is C17H17N3O3. The normalized spacial score (nSPS) is 20.5. The van der Waals surface area contributed by atoms with E-state index in [0.717, 1.165) is 4.90 Å². The number of aromatic nitrogens is 1. The average Bonchev–Trinajstić information content (AvgIpc) is 2.81. The first-order chi connectivity index (χ1) is 11.1. The van der Waals surface area contributed by atoms with E-state index in [4.69, 9.17) is 4.74 Å². The number of imide groups is 1. The Hall–Kier alpha value is -2.89. The molecule has 23 heavy (non-hydrogen) atoms. The van der Waals surface area contributed by atoms with Crippen molar-refractivity contribution in [2.24, 2.45) is 0 Å². The van der Waals surface area contributed by atoms with Gasteiger partial charge in [0.25, 0.3) is 5.91 Å². The van der Waals surface area contributed by atoms with Gasteiger partial charge in [-0.3, -0.25) is 14.7 Å². The zero-order chi connectivity index (χ0) is 16.3. The van der Waals surface area contributed by atoms with E-state index >= 15 is 0 Å². The number of pyridine rings is 1. The number of carbonyl (C=O) groups excluding carboxylic acids is 2. The van der Waals surface area contributed by atoms with Crippen LogP contribution in [0, 0.1) is 0 Å². The lowest BCUT2D eigenvalue weighted by Gasteiger charge is -2.20. The highest BCUT2D eigenvalue weighted by Crippen LogP contribution is 2.26. The zero-order valence-electron chi connectivity index (χ0n) is 12.7. The van der Waals surface area contributed by atoms with Crippen LogP contribution in [-0.4, -0.2) is 35.0 Å². The van der Waals surface area contributed by atoms with Crippen molar-refractivity contribution in [2.75, 3.05) is 13.2 Å². The van der Waals surface area contributed by atoms with Crippen LogP contribution >= 0.6 is 0 Å². The van der Waals surface area contributed by atoms with Crippen molar-refractivity contribution in [1.82, 2.24) is 15.2 Å². The van der Waals surface area contributed by atoms with Crippen molar-refractivity contribution in [1.29, 1.82) is 0 Å². The molecule has 1 saturated heterocycles. The third-order valence-corrected chi connectivity index (χ3v) is 3.78. The predicted octanol–water partition coefficient (Wildman–Crippen LogP) is 1.93. The summed E-state index contributed by atoms with van der Waals surface area (Å²) in [5.74, 6) is 0.380. The Morgan fingerprint density at radius 1 is 1.13 bits per heavy atom. The second-order valence-electron chi connectivity index (χ2n) is 5.39. The van der Waals surface area contributed by atoms with Gasteiger partial charge in [-0.1, -0.05) is 24.3 Å². The van der Waals surface area contributed by atoms with Crippen LogP contribution < -0.4 is 10.1 Å². The molecule has 0 unspecified atom stereocenters. The molecule has 0 bridgehead atoms. The summed E-state index contributed by atoms with van der Waals surface area (Å²) in [5, 5.41) is 2.71. The van der Waals surface area contributed by atoms with Crippen molar-refractivity contribution >= 4 is 11.9 Å². The lowest BCUT2D eigenvalue weighted by molar-refractivity contribution is -0.131. The van der Waals surface area contributed by atoms with Crippen molar-refractivity contribution < 1.29 is 14.3 Å². The first-order valence-corrected chi connectivity index (χ1v) is 7.35. The summed E-state index contributed by atoms with van der Waals surface area (Å²) < 4.78 is 5.55. The second-order valence-corrected chi connectivity index (χ2v) is 5.39. The highest BCUT2D eigenvalue weighted by atomic mass is 16.5. The van der Waals surface area contributed by atoms with Crippen LogP contribution in [0.25, 0.3) is 0 Å². The maximum Gasteiger partial charge on any atom is 0.325 e. The number of para-hydroxylation sites is 1. The van der Waals surface area contributed by atoms with E-state index in [1.54, 1.807) is 31.3 Å². The fraction of sp³-hybridized carbons (Fsp3) is 0.235. The Bertz CT molecular complexity index is 706. The minimum Gasteiger partial charge on any atom is -0.492 e. The minimum atomic E-state index is -1.13. The quantitative estimate of drug-likeness (QED) is 0.857. The number of rotatable bonds is 5. The van der Waals surface area contributed by atoms with E-state index in [9.17, 15) is 9.59 Å². The number of nitrogens with one attached hydrogen (secondary N) is 1. The van der Waals surface area contributed by atoms with Crippen LogP contribution in [0.1, 0.15) is 12.6 Å². The molecule has 6 heteroatoms. The van der Waals surface area contributed by atoms with Gasteiger partial charge >= 0.3 is 6.03 Å². The number of amides is 3. The largest absolute Gasteiger partial charge is 0.492 e. The SMILES string of the molecule is C[C@@]1(c2ccccn2)NC(=O)N(CCOc2ccccc2)C1=O. The number of hydrogen-bond donors (Lipinski definition) is 1. The number of hydrogen-bond acceptors (Lipinski definition) is 4. The molecule has 6 nitrogen and oxygen atoms in total. The van der Waals surface area contributed by atoms with Crippen LogP contribution in [0.15, 0.2) is 54.7 Å². The van der Waals surface area contributed by atoms with Gasteiger partial charge in [-0.05, 0) is 31.2 Å². The Kier molecular flexibility index (Phi) is 3.97. The summed E-state index contributed by atoms with van der Waals surface area (Å²) >= 11 is 0. The van der Waals surface area contributed by atoms with Gasteiger partial charge in [0.15, 0.2) is 5.54 Å². The van der Waals surface area contributed by atoms with Gasteiger partial charge in [0.2, 0.25) is 0 Å². The van der Waals surface area contributed by atoms with Gasteiger partial charge in [-0.25, -0.2) is 4.79 Å². The molecule has 3 amide bonds. The van der Waals surface area contributed by atoms with Crippen molar-refractivity contribution in [3.05, 3.63) is 60.4 Å². The van der Waals surface area contributed by atoms with Gasteiger partial charge in [-0.2, -0.15) is 0 Å². The molecule has 0 radical (unpaired) electrons. The fourth-order valence-corrected chi connectivity index (χ4v) is 2.50. The van der Waals surface area contributed by atoms with Crippen molar-refractivity contribution in [3.8, 4) is 5.75 Å². The third-order valence-electron chi connectivity index (χ3n) is 3.78. The molecule has 3 rings (SSSR count). The first-order valence-electron chi connectivity index (χ1n) is 7.35. The van der Waals surface area contributed by atoms with E-state index in [0.29, 0.717) is 11.4 Å². The molecule has 1 atom stereocenters. The molecule has 1 fully saturated rings. The third kappa shape index (κ3) is 2.88. The summed E-state index contributed by atoms with van der Waals surface area (Å²) in [6, 6.07) is 14.1. The lowest BCUT2D eigenvalue weighted by Crippen LogP contribution is -2.42. The topological polar surface area (TPSA) is 71.5 Å². The summed E-state index contributed by atoms with van der Waals surface area (Å²) in [4.78, 5) is 30.1. The van der Waals surface area contributed by atoms with Gasteiger partial charge in [0, 0.05) is 6.20 Å². The summed E-state index contributed by atoms with van der Waals surface area (Å²) in [6.07, 6.45) is 1.60. The lowest BCUT2D eigenvalue weighted by atomic mass is 9.97. The van der Waals surface area contributed by atoms with Crippen LogP contribution in [-0.2, 0) is 10.3 Å². The van der Waals surface area contributed by atoms with Crippen LogP contribution in [0.5, 0.6) is 5.75 Å². The van der Waals surface area contributed by atoms with Gasteiger partial charge in [-0.15, -0.1) is 0 Å². The van der Waals surface area contributed by atoms with E-state index in [2.05, 4.69) is 10.3 Å². The summed E-state index contributed by atoms with van der Waals surface area (Å²) in [6.45, 7) is 2.08. The molecule has 1 aliphatic rings. The number of urea groups is 1. The van der Waals surface area contributed by atoms with Crippen LogP contribution in [0.4, 0.5) is 4.79 Å². The molecule has 1 aliphatic heterocycles. The Balaban J connectivity index is 1.67. The molecule has 0 spiro atoms. The van der Waals surface area contributed by atoms with Crippen molar-refractivity contribution in [3.63, 3.8) is 0 Å². The highest BCUT2D eigenvalue weighted by Gasteiger charge is 2.49. The monoisotopic (exact) mass is 311 g/mol. The summed E-state index contributed by atoms with van der Waals surface area (Å²) in [7, 11) is 0. The Labute approximate surface area is 134 Å². The second kappa shape index (κ2) is 6.08. The average molecular weight is 311 g/mol. The van der Waals surface area contributed by atoms with E-state index in [-0.39, 0.29) is 19.1 Å². The molecule has 1 aromatic heterocycles. The van der Waals surface area contributed by atoms with Crippen LogP contribution in [0.2, 0.25) is 0 Å². The van der Waals surface area contributed by atoms with Gasteiger partial charge in [0.05, 0.1) is 12.2 Å². The smallest absolute Gasteiger partial charge is 0.325 e. The molecule has 1 aromatic carbocycles. The maximum atomic E-state index is 12.6. The Morgan fingerprint density at radius 2 is 1.87 bits per heavy atom. The zero-order valence-corrected chi connectivity index (χ0v) is 12.7. The maximum absolute atomic E-state index is 12.6. The number of carbonyl (C=O) groups is 2. The van der Waals surface area contributed by atoms with Gasteiger partial charge < -0.3 is 10.1 Å². The molecule has 0 aliphatic carbocycles. The van der Waals surface area contributed by atoms with Gasteiger partial charge in [0.1, 0.15) is 12.4 Å². The molecule has 118 valence electrons. The standard InChI is InChI=1S/C17H17N3O3/c1-17(14-9-5-6-10-18-14)15(21)20(16(22)19-17)11-12-23-13-7-3-2-4-8-13/h2-10H,11-12H2,1H3,(H,19,22)/t17-/m0/s1. The van der Waals surface area contributed by atoms with Crippen molar-refractivity contribution in [2.45, 2.75) is 12.5 Å². The minimum absolute atomic E-state index is 0.183. The Morgan fingerprint density at radius 3 is 2.57 bits per heavy atom.